The molecule has 1 saturated heterocycles. The fourth-order valence-electron chi connectivity index (χ4n) is 2.48. The van der Waals surface area contributed by atoms with Crippen molar-refractivity contribution in [3.8, 4) is 0 Å². The molecule has 1 aliphatic heterocycles. The summed E-state index contributed by atoms with van der Waals surface area (Å²) >= 11 is 0. The number of hydrogen-bond donors (Lipinski definition) is 1. The van der Waals surface area contributed by atoms with E-state index in [-0.39, 0.29) is 0 Å². The summed E-state index contributed by atoms with van der Waals surface area (Å²) in [6.07, 6.45) is 5.80. The third-order valence-electron chi connectivity index (χ3n) is 3.76. The van der Waals surface area contributed by atoms with Gasteiger partial charge in [0.15, 0.2) is 0 Å². The molecule has 1 fully saturated rings. The van der Waals surface area contributed by atoms with E-state index in [4.69, 9.17) is 5.73 Å². The third-order valence-corrected chi connectivity index (χ3v) is 3.76. The van der Waals surface area contributed by atoms with Gasteiger partial charge < -0.3 is 15.5 Å². The second kappa shape index (κ2) is 7.12. The number of nitrogen functional groups attached to an aromatic ring is 1. The average Bonchev–Trinajstić information content (AvgIpc) is 2.48. The minimum atomic E-state index is 0.300. The van der Waals surface area contributed by atoms with Crippen molar-refractivity contribution in [1.29, 1.82) is 0 Å². The second-order valence-corrected chi connectivity index (χ2v) is 5.27. The van der Waals surface area contributed by atoms with Gasteiger partial charge in [0.25, 0.3) is 0 Å². The van der Waals surface area contributed by atoms with Gasteiger partial charge in [-0.25, -0.2) is 4.98 Å². The van der Waals surface area contributed by atoms with Crippen molar-refractivity contribution in [2.24, 2.45) is 0 Å². The first-order valence-electron chi connectivity index (χ1n) is 7.45. The van der Waals surface area contributed by atoms with E-state index in [2.05, 4.69) is 16.8 Å². The first-order chi connectivity index (χ1) is 9.70. The van der Waals surface area contributed by atoms with Crippen LogP contribution in [-0.4, -0.2) is 42.0 Å². The summed E-state index contributed by atoms with van der Waals surface area (Å²) in [6.45, 7) is 5.49. The van der Waals surface area contributed by atoms with Gasteiger partial charge in [-0.05, 0) is 18.6 Å². The number of carbonyl (C=O) groups is 1. The molecule has 1 aromatic heterocycles. The lowest BCUT2D eigenvalue weighted by Gasteiger charge is -2.36. The zero-order valence-corrected chi connectivity index (χ0v) is 12.2. The van der Waals surface area contributed by atoms with Crippen molar-refractivity contribution in [2.45, 2.75) is 32.6 Å². The molecular formula is C15H24N4O. The van der Waals surface area contributed by atoms with E-state index in [0.29, 0.717) is 18.1 Å². The minimum Gasteiger partial charge on any atom is -0.384 e. The number of anilines is 2. The van der Waals surface area contributed by atoms with Crippen molar-refractivity contribution in [1.82, 2.24) is 9.88 Å². The van der Waals surface area contributed by atoms with Crippen LogP contribution in [0.2, 0.25) is 0 Å². The van der Waals surface area contributed by atoms with Gasteiger partial charge in [-0.3, -0.25) is 4.79 Å². The lowest BCUT2D eigenvalue weighted by molar-refractivity contribution is -0.131. The summed E-state index contributed by atoms with van der Waals surface area (Å²) in [5, 5.41) is 0. The van der Waals surface area contributed by atoms with Gasteiger partial charge in [-0.1, -0.05) is 19.8 Å². The molecule has 5 heteroatoms. The number of amides is 1. The number of nitrogens with zero attached hydrogens (tertiary/aromatic N) is 3. The zero-order valence-electron chi connectivity index (χ0n) is 12.2. The maximum absolute atomic E-state index is 12.0. The summed E-state index contributed by atoms with van der Waals surface area (Å²) in [4.78, 5) is 20.4. The maximum Gasteiger partial charge on any atom is 0.222 e. The molecular weight excluding hydrogens is 252 g/mol. The molecule has 0 saturated carbocycles. The van der Waals surface area contributed by atoms with Crippen molar-refractivity contribution in [2.75, 3.05) is 36.8 Å². The number of carbonyl (C=O) groups excluding carboxylic acids is 1. The van der Waals surface area contributed by atoms with Gasteiger partial charge in [0, 0.05) is 32.6 Å². The standard InChI is InChI=1S/C15H24N4O/c1-2-3-4-5-15(20)19-10-8-18(9-11-19)13-6-7-14(16)17-12-13/h6-7,12H,2-5,8-11H2,1H3,(H2,16,17). The molecule has 20 heavy (non-hydrogen) atoms. The van der Waals surface area contributed by atoms with Gasteiger partial charge in [0.2, 0.25) is 5.91 Å². The lowest BCUT2D eigenvalue weighted by Crippen LogP contribution is -2.48. The Morgan fingerprint density at radius 3 is 2.60 bits per heavy atom. The van der Waals surface area contributed by atoms with Crippen molar-refractivity contribution in [3.05, 3.63) is 18.3 Å². The number of nitrogens with two attached hydrogens (primary N) is 1. The molecule has 110 valence electrons. The van der Waals surface area contributed by atoms with Gasteiger partial charge in [-0.2, -0.15) is 0 Å². The zero-order chi connectivity index (χ0) is 14.4. The van der Waals surface area contributed by atoms with E-state index in [1.54, 1.807) is 6.20 Å². The van der Waals surface area contributed by atoms with E-state index in [0.717, 1.165) is 51.1 Å². The Balaban J connectivity index is 1.80. The molecule has 5 nitrogen and oxygen atoms in total. The SMILES string of the molecule is CCCCCC(=O)N1CCN(c2ccc(N)nc2)CC1. The summed E-state index contributed by atoms with van der Waals surface area (Å²) in [5.41, 5.74) is 6.67. The fraction of sp³-hybridized carbons (Fsp3) is 0.600. The Kier molecular flexibility index (Phi) is 5.21. The topological polar surface area (TPSA) is 62.5 Å². The van der Waals surface area contributed by atoms with Gasteiger partial charge in [0.1, 0.15) is 5.82 Å². The molecule has 0 atom stereocenters. The monoisotopic (exact) mass is 276 g/mol. The van der Waals surface area contributed by atoms with E-state index in [9.17, 15) is 4.79 Å². The van der Waals surface area contributed by atoms with Crippen molar-refractivity contribution in [3.63, 3.8) is 0 Å². The highest BCUT2D eigenvalue weighted by atomic mass is 16.2. The maximum atomic E-state index is 12.0. The van der Waals surface area contributed by atoms with E-state index in [1.807, 2.05) is 17.0 Å². The number of aromatic nitrogens is 1. The van der Waals surface area contributed by atoms with Crippen LogP contribution in [0.3, 0.4) is 0 Å². The fourth-order valence-corrected chi connectivity index (χ4v) is 2.48. The predicted molar refractivity (Wildman–Crippen MR) is 81.6 cm³/mol. The third kappa shape index (κ3) is 3.85. The van der Waals surface area contributed by atoms with Crippen LogP contribution in [0.5, 0.6) is 0 Å². The molecule has 2 heterocycles. The average molecular weight is 276 g/mol. The number of unbranched alkanes of at least 4 members (excludes halogenated alkanes) is 2. The molecule has 0 bridgehead atoms. The molecule has 0 aromatic carbocycles. The van der Waals surface area contributed by atoms with Crippen LogP contribution in [0.1, 0.15) is 32.6 Å². The molecule has 1 aliphatic rings. The summed E-state index contributed by atoms with van der Waals surface area (Å²) < 4.78 is 0. The first-order valence-corrected chi connectivity index (χ1v) is 7.45. The molecule has 2 rings (SSSR count). The Morgan fingerprint density at radius 2 is 2.00 bits per heavy atom. The molecule has 1 aromatic rings. The minimum absolute atomic E-state index is 0.300. The van der Waals surface area contributed by atoms with E-state index < -0.39 is 0 Å². The van der Waals surface area contributed by atoms with Crippen LogP contribution in [-0.2, 0) is 4.79 Å². The number of hydrogen-bond acceptors (Lipinski definition) is 4. The first kappa shape index (κ1) is 14.6. The molecule has 0 radical (unpaired) electrons. The highest BCUT2D eigenvalue weighted by Crippen LogP contribution is 2.16. The molecule has 0 unspecified atom stereocenters. The van der Waals surface area contributed by atoms with Crippen molar-refractivity contribution < 1.29 is 4.79 Å². The largest absolute Gasteiger partial charge is 0.384 e. The number of pyridine rings is 1. The lowest BCUT2D eigenvalue weighted by atomic mass is 10.2. The van der Waals surface area contributed by atoms with Crippen molar-refractivity contribution >= 4 is 17.4 Å². The van der Waals surface area contributed by atoms with Gasteiger partial charge in [-0.15, -0.1) is 0 Å². The van der Waals surface area contributed by atoms with Crippen LogP contribution in [0.15, 0.2) is 18.3 Å². The Labute approximate surface area is 120 Å². The summed E-state index contributed by atoms with van der Waals surface area (Å²) in [5.74, 6) is 0.840. The van der Waals surface area contributed by atoms with Crippen LogP contribution < -0.4 is 10.6 Å². The Bertz CT molecular complexity index is 424. The Hall–Kier alpha value is -1.78. The molecule has 2 N–H and O–H groups in total. The van der Waals surface area contributed by atoms with E-state index in [1.165, 1.54) is 0 Å². The molecule has 0 aliphatic carbocycles. The number of piperazine rings is 1. The molecule has 1 amide bonds. The predicted octanol–water partition coefficient (Wildman–Crippen LogP) is 1.89. The van der Waals surface area contributed by atoms with Crippen LogP contribution in [0.25, 0.3) is 0 Å². The van der Waals surface area contributed by atoms with E-state index >= 15 is 0 Å². The second-order valence-electron chi connectivity index (χ2n) is 5.27. The Morgan fingerprint density at radius 1 is 1.25 bits per heavy atom. The summed E-state index contributed by atoms with van der Waals surface area (Å²) in [7, 11) is 0. The quantitative estimate of drug-likeness (QED) is 0.834. The normalized spacial score (nSPS) is 15.4. The van der Waals surface area contributed by atoms with Crippen LogP contribution in [0.4, 0.5) is 11.5 Å². The number of rotatable bonds is 5. The smallest absolute Gasteiger partial charge is 0.222 e. The summed E-state index contributed by atoms with van der Waals surface area (Å²) in [6, 6.07) is 3.80. The van der Waals surface area contributed by atoms with Gasteiger partial charge >= 0.3 is 0 Å². The van der Waals surface area contributed by atoms with Gasteiger partial charge in [0.05, 0.1) is 11.9 Å². The molecule has 0 spiro atoms. The van der Waals surface area contributed by atoms with Crippen LogP contribution in [0, 0.1) is 0 Å². The van der Waals surface area contributed by atoms with Crippen LogP contribution >= 0.6 is 0 Å². The highest BCUT2D eigenvalue weighted by Gasteiger charge is 2.20. The highest BCUT2D eigenvalue weighted by molar-refractivity contribution is 5.76.